The van der Waals surface area contributed by atoms with E-state index < -0.39 is 10.0 Å². The third-order valence-electron chi connectivity index (χ3n) is 7.46. The molecule has 0 atom stereocenters. The smallest absolute Gasteiger partial charge is 0.264 e. The maximum Gasteiger partial charge on any atom is 0.264 e. The first kappa shape index (κ1) is 29.0. The molecular formula is C29H34ClN7O3S. The van der Waals surface area contributed by atoms with Gasteiger partial charge in [-0.2, -0.15) is 4.98 Å². The van der Waals surface area contributed by atoms with Crippen molar-refractivity contribution in [2.75, 3.05) is 31.2 Å². The highest BCUT2D eigenvalue weighted by atomic mass is 35.5. The van der Waals surface area contributed by atoms with Crippen molar-refractivity contribution in [2.24, 2.45) is 0 Å². The van der Waals surface area contributed by atoms with Crippen molar-refractivity contribution in [1.29, 1.82) is 0 Å². The Morgan fingerprint density at radius 1 is 1.05 bits per heavy atom. The van der Waals surface area contributed by atoms with Crippen LogP contribution in [0.5, 0.6) is 5.88 Å². The van der Waals surface area contributed by atoms with Crippen LogP contribution in [0.15, 0.2) is 53.6 Å². The zero-order chi connectivity index (χ0) is 29.1. The number of ether oxygens (including phenoxy) is 1. The number of nitrogens with zero attached hydrogens (tertiary/aromatic N) is 5. The number of pyridine rings is 2. The minimum atomic E-state index is -3.95. The minimum Gasteiger partial charge on any atom is -0.480 e. The number of anilines is 2. The molecule has 2 N–H and O–H groups in total. The van der Waals surface area contributed by atoms with Crippen LogP contribution in [0, 0.1) is 0 Å². The average Bonchev–Trinajstić information content (AvgIpc) is 2.96. The second-order valence-electron chi connectivity index (χ2n) is 10.4. The van der Waals surface area contributed by atoms with Gasteiger partial charge in [-0.3, -0.25) is 4.72 Å². The van der Waals surface area contributed by atoms with Crippen molar-refractivity contribution in [3.05, 3.63) is 59.2 Å². The average molecular weight is 596 g/mol. The summed E-state index contributed by atoms with van der Waals surface area (Å²) >= 11 is 6.10. The molecule has 0 saturated heterocycles. The molecule has 3 aromatic heterocycles. The lowest BCUT2D eigenvalue weighted by Crippen LogP contribution is -2.36. The van der Waals surface area contributed by atoms with Gasteiger partial charge in [0.25, 0.3) is 10.0 Å². The standard InChI is InChI=1S/C29H34ClN7O3S/c1-5-18-16-23(33-24-17-31-29(35-27(18)24)32-19-10-12-20(13-11-19)37(2)3)21-14-15-26(34-28(21)40-4)36-41(38,39)25-9-7-6-8-22(25)30/h6-9,14-17,19-20H,5,10-13H2,1-4H3,(H,34,36)(H,31,32,35). The van der Waals surface area contributed by atoms with Crippen LogP contribution in [0.1, 0.15) is 38.2 Å². The fourth-order valence-corrected chi connectivity index (χ4v) is 6.71. The number of rotatable bonds is 9. The Labute approximate surface area is 245 Å². The number of aryl methyl sites for hydroxylation is 1. The van der Waals surface area contributed by atoms with Gasteiger partial charge in [0, 0.05) is 12.1 Å². The molecule has 4 aromatic rings. The molecule has 1 aliphatic rings. The van der Waals surface area contributed by atoms with E-state index >= 15 is 0 Å². The van der Waals surface area contributed by atoms with Gasteiger partial charge in [-0.15, -0.1) is 0 Å². The molecule has 10 nitrogen and oxygen atoms in total. The third-order valence-corrected chi connectivity index (χ3v) is 9.32. The summed E-state index contributed by atoms with van der Waals surface area (Å²) in [4.78, 5) is 20.9. The maximum absolute atomic E-state index is 12.9. The topological polar surface area (TPSA) is 122 Å². The summed E-state index contributed by atoms with van der Waals surface area (Å²) in [7, 11) is 1.81. The van der Waals surface area contributed by atoms with Gasteiger partial charge in [0.1, 0.15) is 16.2 Å². The summed E-state index contributed by atoms with van der Waals surface area (Å²) in [5, 5.41) is 3.64. The first-order valence-electron chi connectivity index (χ1n) is 13.6. The van der Waals surface area contributed by atoms with Gasteiger partial charge in [-0.1, -0.05) is 30.7 Å². The fraction of sp³-hybridized carbons (Fsp3) is 0.379. The second kappa shape index (κ2) is 12.1. The lowest BCUT2D eigenvalue weighted by Gasteiger charge is -2.32. The van der Waals surface area contributed by atoms with Crippen LogP contribution < -0.4 is 14.8 Å². The lowest BCUT2D eigenvalue weighted by molar-refractivity contribution is 0.221. The first-order valence-corrected chi connectivity index (χ1v) is 15.5. The van der Waals surface area contributed by atoms with Gasteiger partial charge >= 0.3 is 0 Å². The number of hydrogen-bond acceptors (Lipinski definition) is 9. The number of hydrogen-bond donors (Lipinski definition) is 2. The molecule has 0 spiro atoms. The van der Waals surface area contributed by atoms with Crippen molar-refractivity contribution >= 4 is 44.4 Å². The predicted octanol–water partition coefficient (Wildman–Crippen LogP) is 5.40. The van der Waals surface area contributed by atoms with Gasteiger partial charge in [-0.05, 0) is 82.1 Å². The first-order chi connectivity index (χ1) is 19.7. The normalized spacial score (nSPS) is 17.5. The Balaban J connectivity index is 1.40. The summed E-state index contributed by atoms with van der Waals surface area (Å²) in [6.07, 6.45) is 6.95. The van der Waals surface area contributed by atoms with Crippen LogP contribution in [0.3, 0.4) is 0 Å². The second-order valence-corrected chi connectivity index (χ2v) is 12.4. The lowest BCUT2D eigenvalue weighted by atomic mass is 9.91. The van der Waals surface area contributed by atoms with Gasteiger partial charge in [0.15, 0.2) is 0 Å². The molecule has 0 unspecified atom stereocenters. The zero-order valence-corrected chi connectivity index (χ0v) is 25.1. The Bertz CT molecular complexity index is 1660. The maximum atomic E-state index is 12.9. The number of benzene rings is 1. The molecule has 0 bridgehead atoms. The summed E-state index contributed by atoms with van der Waals surface area (Å²) < 4.78 is 33.8. The molecule has 5 rings (SSSR count). The monoisotopic (exact) mass is 595 g/mol. The number of methoxy groups -OCH3 is 1. The van der Waals surface area contributed by atoms with Crippen molar-refractivity contribution in [3.63, 3.8) is 0 Å². The minimum absolute atomic E-state index is 0.0367. The van der Waals surface area contributed by atoms with Crippen molar-refractivity contribution in [2.45, 2.75) is 56.0 Å². The van der Waals surface area contributed by atoms with Gasteiger partial charge < -0.3 is 15.0 Å². The SMILES string of the molecule is CCc1cc(-c2ccc(NS(=O)(=O)c3ccccc3Cl)nc2OC)nc2cnc(NC3CCC(N(C)C)CC3)nc12. The molecule has 1 fully saturated rings. The molecule has 12 heteroatoms. The highest BCUT2D eigenvalue weighted by Crippen LogP contribution is 2.33. The largest absolute Gasteiger partial charge is 0.480 e. The Hall–Kier alpha value is -3.54. The number of aromatic nitrogens is 4. The Kier molecular flexibility index (Phi) is 8.58. The summed E-state index contributed by atoms with van der Waals surface area (Å²) in [5.41, 5.74) is 3.71. The van der Waals surface area contributed by atoms with Crippen LogP contribution in [0.4, 0.5) is 11.8 Å². The number of nitrogens with one attached hydrogen (secondary N) is 2. The quantitative estimate of drug-likeness (QED) is 0.262. The molecule has 41 heavy (non-hydrogen) atoms. The van der Waals surface area contributed by atoms with E-state index in [1.807, 2.05) is 6.07 Å². The van der Waals surface area contributed by atoms with E-state index in [1.54, 1.807) is 30.5 Å². The molecule has 3 heterocycles. The third kappa shape index (κ3) is 6.37. The number of fused-ring (bicyclic) bond motifs is 1. The highest BCUT2D eigenvalue weighted by Gasteiger charge is 2.24. The van der Waals surface area contributed by atoms with Gasteiger partial charge in [0.2, 0.25) is 11.8 Å². The highest BCUT2D eigenvalue weighted by molar-refractivity contribution is 7.92. The van der Waals surface area contributed by atoms with Crippen LogP contribution >= 0.6 is 11.6 Å². The van der Waals surface area contributed by atoms with E-state index in [1.165, 1.54) is 19.2 Å². The Morgan fingerprint density at radius 3 is 2.49 bits per heavy atom. The van der Waals surface area contributed by atoms with E-state index in [2.05, 4.69) is 45.9 Å². The summed E-state index contributed by atoms with van der Waals surface area (Å²) in [6.45, 7) is 2.07. The molecular weight excluding hydrogens is 562 g/mol. The molecule has 1 aromatic carbocycles. The molecule has 0 radical (unpaired) electrons. The van der Waals surface area contributed by atoms with E-state index in [9.17, 15) is 8.42 Å². The van der Waals surface area contributed by atoms with Gasteiger partial charge in [-0.25, -0.2) is 23.4 Å². The van der Waals surface area contributed by atoms with Crippen LogP contribution in [-0.2, 0) is 16.4 Å². The predicted molar refractivity (Wildman–Crippen MR) is 162 cm³/mol. The zero-order valence-electron chi connectivity index (χ0n) is 23.6. The van der Waals surface area contributed by atoms with E-state index in [0.717, 1.165) is 43.2 Å². The van der Waals surface area contributed by atoms with Crippen LogP contribution in [0.25, 0.3) is 22.3 Å². The number of halogens is 1. The molecule has 0 aliphatic heterocycles. The molecule has 1 aliphatic carbocycles. The van der Waals surface area contributed by atoms with Crippen LogP contribution in [0.2, 0.25) is 5.02 Å². The summed E-state index contributed by atoms with van der Waals surface area (Å²) in [5.74, 6) is 0.941. The van der Waals surface area contributed by atoms with Gasteiger partial charge in [0.05, 0.1) is 35.1 Å². The van der Waals surface area contributed by atoms with Crippen molar-refractivity contribution < 1.29 is 13.2 Å². The van der Waals surface area contributed by atoms with E-state index in [4.69, 9.17) is 26.3 Å². The molecule has 1 saturated carbocycles. The van der Waals surface area contributed by atoms with Crippen molar-refractivity contribution in [1.82, 2.24) is 24.8 Å². The van der Waals surface area contributed by atoms with E-state index in [0.29, 0.717) is 34.8 Å². The Morgan fingerprint density at radius 2 is 1.80 bits per heavy atom. The molecule has 0 amide bonds. The fourth-order valence-electron chi connectivity index (χ4n) is 5.19. The molecule has 216 valence electrons. The summed E-state index contributed by atoms with van der Waals surface area (Å²) in [6, 6.07) is 12.5. The van der Waals surface area contributed by atoms with Crippen LogP contribution in [-0.4, -0.2) is 66.5 Å². The number of sulfonamides is 1. The van der Waals surface area contributed by atoms with E-state index in [-0.39, 0.29) is 21.6 Å². The van der Waals surface area contributed by atoms with Crippen molar-refractivity contribution in [3.8, 4) is 17.1 Å².